The number of hydrogen-bond acceptors (Lipinski definition) is 9. The van der Waals surface area contributed by atoms with Crippen molar-refractivity contribution in [3.05, 3.63) is 58.5 Å². The van der Waals surface area contributed by atoms with Crippen LogP contribution in [0.5, 0.6) is 5.75 Å². The minimum atomic E-state index is -0.458. The minimum Gasteiger partial charge on any atom is -0.495 e. The van der Waals surface area contributed by atoms with E-state index < -0.39 is 7.92 Å². The van der Waals surface area contributed by atoms with E-state index in [0.29, 0.717) is 17.8 Å². The van der Waals surface area contributed by atoms with E-state index >= 15 is 0 Å². The van der Waals surface area contributed by atoms with Gasteiger partial charge in [-0.15, -0.1) is 0 Å². The van der Waals surface area contributed by atoms with Crippen LogP contribution in [0.1, 0.15) is 25.0 Å². The molecule has 41 heavy (non-hydrogen) atoms. The molecule has 0 aliphatic carbocycles. The van der Waals surface area contributed by atoms with Crippen LogP contribution in [0, 0.1) is 0 Å². The van der Waals surface area contributed by atoms with Crippen LogP contribution in [0.15, 0.2) is 47.3 Å². The van der Waals surface area contributed by atoms with Crippen LogP contribution in [-0.4, -0.2) is 82.9 Å². The van der Waals surface area contributed by atoms with E-state index in [-0.39, 0.29) is 5.54 Å². The highest BCUT2D eigenvalue weighted by atomic mass is 79.9. The highest BCUT2D eigenvalue weighted by Gasteiger charge is 2.42. The molecule has 2 N–H and O–H groups in total. The SMILES string of the molecule is COc1cc2c(cc1Nc1ncc(Br)c(Nc3ccc4nccnc4c3P(C)C)n1)CCN(C1CN(C)C1)C2(C)C. The zero-order valence-electron chi connectivity index (χ0n) is 24.4. The Morgan fingerprint density at radius 3 is 2.56 bits per heavy atom. The average Bonchev–Trinajstić information content (AvgIpc) is 2.93. The zero-order chi connectivity index (χ0) is 28.9. The van der Waals surface area contributed by atoms with Gasteiger partial charge in [0.25, 0.3) is 0 Å². The summed E-state index contributed by atoms with van der Waals surface area (Å²) in [5.74, 6) is 1.94. The lowest BCUT2D eigenvalue weighted by molar-refractivity contribution is -0.0201. The number of benzene rings is 2. The molecule has 2 aromatic carbocycles. The van der Waals surface area contributed by atoms with Gasteiger partial charge in [0.05, 0.1) is 28.3 Å². The number of anilines is 4. The van der Waals surface area contributed by atoms with Gasteiger partial charge in [-0.1, -0.05) is 7.92 Å². The predicted octanol–water partition coefficient (Wildman–Crippen LogP) is 5.45. The molecule has 2 aliphatic rings. The monoisotopic (exact) mass is 634 g/mol. The number of aromatic nitrogens is 4. The first-order chi connectivity index (χ1) is 19.7. The number of nitrogens with one attached hydrogen (secondary N) is 2. The molecule has 2 aromatic heterocycles. The van der Waals surface area contributed by atoms with Crippen molar-refractivity contribution in [1.82, 2.24) is 29.7 Å². The molecule has 2 aliphatic heterocycles. The standard InChI is InChI=1S/C30H36BrN8OP/c1-30(2)20-14-25(40-4)24(13-18(20)9-12-39(30)19-16-38(3)17-19)36-29-34-15-21(31)28(37-29)35-23-8-7-22-26(27(23)41(5)6)33-11-10-32-22/h7-8,10-11,13-15,19H,9,12,16-17H2,1-6H3,(H2,34,35,36,37). The van der Waals surface area contributed by atoms with Crippen molar-refractivity contribution >= 4 is 63.3 Å². The molecular formula is C30H36BrN8OP. The van der Waals surface area contributed by atoms with E-state index in [1.165, 1.54) is 11.1 Å². The lowest BCUT2D eigenvalue weighted by atomic mass is 9.81. The number of methoxy groups -OCH3 is 1. The number of nitrogens with zero attached hydrogens (tertiary/aromatic N) is 6. The summed E-state index contributed by atoms with van der Waals surface area (Å²) in [6.07, 6.45) is 6.23. The molecule has 0 spiro atoms. The molecule has 0 unspecified atom stereocenters. The Morgan fingerprint density at radius 1 is 1.05 bits per heavy atom. The third kappa shape index (κ3) is 5.27. The average molecular weight is 636 g/mol. The van der Waals surface area contributed by atoms with Crippen LogP contribution in [0.2, 0.25) is 0 Å². The van der Waals surface area contributed by atoms with Crippen LogP contribution in [0.3, 0.4) is 0 Å². The summed E-state index contributed by atoms with van der Waals surface area (Å²) in [6.45, 7) is 12.4. The first kappa shape index (κ1) is 28.2. The molecular weight excluding hydrogens is 599 g/mol. The number of likely N-dealkylation sites (N-methyl/N-ethyl adjacent to an activating group) is 1. The van der Waals surface area contributed by atoms with Gasteiger partial charge in [0, 0.05) is 60.8 Å². The molecule has 4 aromatic rings. The fraction of sp³-hybridized carbons (Fsp3) is 0.400. The molecule has 0 amide bonds. The van der Waals surface area contributed by atoms with Crippen molar-refractivity contribution in [2.75, 3.05) is 57.8 Å². The third-order valence-electron chi connectivity index (χ3n) is 8.21. The normalized spacial score (nSPS) is 17.4. The van der Waals surface area contributed by atoms with Gasteiger partial charge in [0.15, 0.2) is 0 Å². The van der Waals surface area contributed by atoms with Gasteiger partial charge >= 0.3 is 0 Å². The molecule has 0 saturated carbocycles. The molecule has 0 bridgehead atoms. The van der Waals surface area contributed by atoms with E-state index in [9.17, 15) is 0 Å². The number of likely N-dealkylation sites (tertiary alicyclic amines) is 1. The quantitative estimate of drug-likeness (QED) is 0.257. The number of fused-ring (bicyclic) bond motifs is 2. The second-order valence-corrected chi connectivity index (χ2v) is 14.6. The molecule has 0 radical (unpaired) electrons. The largest absolute Gasteiger partial charge is 0.495 e. The van der Waals surface area contributed by atoms with Gasteiger partial charge in [-0.3, -0.25) is 14.9 Å². The van der Waals surface area contributed by atoms with Crippen molar-refractivity contribution in [2.45, 2.75) is 31.8 Å². The molecule has 9 nitrogen and oxygen atoms in total. The topological polar surface area (TPSA) is 91.3 Å². The molecule has 0 atom stereocenters. The number of halogens is 1. The molecule has 1 saturated heterocycles. The van der Waals surface area contributed by atoms with Crippen LogP contribution in [0.4, 0.5) is 23.1 Å². The summed E-state index contributed by atoms with van der Waals surface area (Å²) in [7, 11) is 3.45. The smallest absolute Gasteiger partial charge is 0.229 e. The fourth-order valence-electron chi connectivity index (χ4n) is 6.18. The predicted molar refractivity (Wildman–Crippen MR) is 172 cm³/mol. The summed E-state index contributed by atoms with van der Waals surface area (Å²) < 4.78 is 6.65. The van der Waals surface area contributed by atoms with Crippen LogP contribution in [0.25, 0.3) is 11.0 Å². The van der Waals surface area contributed by atoms with Crippen LogP contribution < -0.4 is 20.7 Å². The van der Waals surface area contributed by atoms with Gasteiger partial charge in [-0.25, -0.2) is 4.98 Å². The highest BCUT2D eigenvalue weighted by Crippen LogP contribution is 2.43. The first-order valence-electron chi connectivity index (χ1n) is 13.8. The Kier molecular flexibility index (Phi) is 7.61. The maximum atomic E-state index is 5.88. The van der Waals surface area contributed by atoms with Gasteiger partial charge in [-0.05, 0) is 92.0 Å². The molecule has 6 rings (SSSR count). The fourth-order valence-corrected chi connectivity index (χ4v) is 7.68. The van der Waals surface area contributed by atoms with Crippen LogP contribution in [-0.2, 0) is 12.0 Å². The summed E-state index contributed by atoms with van der Waals surface area (Å²) in [5.41, 5.74) is 6.22. The Morgan fingerprint density at radius 2 is 1.83 bits per heavy atom. The van der Waals surface area contributed by atoms with Crippen molar-refractivity contribution in [1.29, 1.82) is 0 Å². The van der Waals surface area contributed by atoms with Crippen molar-refractivity contribution in [3.8, 4) is 5.75 Å². The summed E-state index contributed by atoms with van der Waals surface area (Å²) in [5, 5.41) is 8.13. The van der Waals surface area contributed by atoms with Gasteiger partial charge < -0.3 is 20.3 Å². The Bertz CT molecular complexity index is 1610. The van der Waals surface area contributed by atoms with E-state index in [4.69, 9.17) is 9.72 Å². The van der Waals surface area contributed by atoms with Crippen molar-refractivity contribution < 1.29 is 4.74 Å². The molecule has 11 heteroatoms. The third-order valence-corrected chi connectivity index (χ3v) is 10.1. The Hall–Kier alpha value is -2.91. The second-order valence-electron chi connectivity index (χ2n) is 11.5. The molecule has 214 valence electrons. The Balaban J connectivity index is 1.30. The molecule has 1 fully saturated rings. The van der Waals surface area contributed by atoms with Crippen molar-refractivity contribution in [3.63, 3.8) is 0 Å². The summed E-state index contributed by atoms with van der Waals surface area (Å²) in [6, 6.07) is 9.04. The zero-order valence-corrected chi connectivity index (χ0v) is 26.8. The van der Waals surface area contributed by atoms with E-state index in [0.717, 1.165) is 64.0 Å². The van der Waals surface area contributed by atoms with Gasteiger partial charge in [0.2, 0.25) is 5.95 Å². The maximum Gasteiger partial charge on any atom is 0.229 e. The Labute approximate surface area is 251 Å². The van der Waals surface area contributed by atoms with Crippen LogP contribution >= 0.6 is 23.9 Å². The highest BCUT2D eigenvalue weighted by molar-refractivity contribution is 9.10. The number of ether oxygens (including phenoxy) is 1. The molecule has 4 heterocycles. The van der Waals surface area contributed by atoms with Gasteiger partial charge in [-0.2, -0.15) is 4.98 Å². The van der Waals surface area contributed by atoms with E-state index in [1.807, 2.05) is 6.07 Å². The number of hydrogen-bond donors (Lipinski definition) is 2. The van der Waals surface area contributed by atoms with Crippen molar-refractivity contribution in [2.24, 2.45) is 0 Å². The first-order valence-corrected chi connectivity index (χ1v) is 16.8. The number of rotatable bonds is 7. The summed E-state index contributed by atoms with van der Waals surface area (Å²) in [4.78, 5) is 23.6. The second kappa shape index (κ2) is 11.1. The van der Waals surface area contributed by atoms with E-state index in [2.05, 4.69) is 104 Å². The lowest BCUT2D eigenvalue weighted by Crippen LogP contribution is -2.63. The van der Waals surface area contributed by atoms with E-state index in [1.54, 1.807) is 25.7 Å². The maximum absolute atomic E-state index is 5.88. The lowest BCUT2D eigenvalue weighted by Gasteiger charge is -2.53. The minimum absolute atomic E-state index is 0.0730. The summed E-state index contributed by atoms with van der Waals surface area (Å²) >= 11 is 3.64. The van der Waals surface area contributed by atoms with Gasteiger partial charge in [0.1, 0.15) is 11.6 Å².